The number of hydrogen-bond acceptors (Lipinski definition) is 6. The standard InChI is InChI=1S/C25H26F3N5O2/c1-15(10-23-31-29-14-32(23)2)17-11-21(16-6-8-35-9-7-16)30-22(12-17)33-13-19-18(24(33)34)4-3-5-20(19)25(26,27)28/h3-6,11-12,15,29H,7-10,13-14H2,1-2H3/t15-/m1/s1. The van der Waals surface area contributed by atoms with Crippen LogP contribution in [0.5, 0.6) is 0 Å². The van der Waals surface area contributed by atoms with E-state index in [9.17, 15) is 18.0 Å². The number of anilines is 1. The van der Waals surface area contributed by atoms with E-state index in [2.05, 4.69) is 17.5 Å². The molecule has 1 aromatic heterocycles. The number of nitrogens with one attached hydrogen (secondary N) is 1. The molecule has 1 atom stereocenters. The third-order valence-electron chi connectivity index (χ3n) is 6.69. The number of amidine groups is 1. The Kier molecular flexibility index (Phi) is 6.00. The molecule has 0 radical (unpaired) electrons. The van der Waals surface area contributed by atoms with Gasteiger partial charge in [0.2, 0.25) is 0 Å². The maximum absolute atomic E-state index is 13.6. The second kappa shape index (κ2) is 8.99. The fraction of sp³-hybridized carbons (Fsp3) is 0.400. The van der Waals surface area contributed by atoms with E-state index in [1.807, 2.05) is 30.2 Å². The molecule has 1 aromatic carbocycles. The number of nitrogens with zero attached hydrogens (tertiary/aromatic N) is 4. The highest BCUT2D eigenvalue weighted by molar-refractivity contribution is 6.10. The number of carbonyl (C=O) groups excluding carboxylic acids is 1. The highest BCUT2D eigenvalue weighted by Crippen LogP contribution is 2.39. The number of benzene rings is 1. The van der Waals surface area contributed by atoms with Gasteiger partial charge in [-0.25, -0.2) is 4.98 Å². The van der Waals surface area contributed by atoms with E-state index in [4.69, 9.17) is 9.72 Å². The number of ether oxygens (including phenoxy) is 1. The molecule has 3 aliphatic rings. The smallest absolute Gasteiger partial charge is 0.377 e. The molecule has 0 fully saturated rings. The van der Waals surface area contributed by atoms with E-state index in [0.29, 0.717) is 44.2 Å². The van der Waals surface area contributed by atoms with Crippen LogP contribution in [0.25, 0.3) is 5.57 Å². The first-order chi connectivity index (χ1) is 16.7. The highest BCUT2D eigenvalue weighted by atomic mass is 19.4. The maximum atomic E-state index is 13.6. The molecule has 1 N–H and O–H groups in total. The number of halogens is 3. The number of aromatic nitrogens is 1. The molecule has 5 rings (SSSR count). The second-order valence-corrected chi connectivity index (χ2v) is 9.07. The third kappa shape index (κ3) is 4.50. The molecule has 0 spiro atoms. The zero-order valence-electron chi connectivity index (χ0n) is 19.5. The highest BCUT2D eigenvalue weighted by Gasteiger charge is 2.40. The lowest BCUT2D eigenvalue weighted by Gasteiger charge is -2.22. The quantitative estimate of drug-likeness (QED) is 0.682. The van der Waals surface area contributed by atoms with Gasteiger partial charge in [-0.15, -0.1) is 0 Å². The Morgan fingerprint density at radius 1 is 1.26 bits per heavy atom. The normalized spacial score (nSPS) is 18.8. The van der Waals surface area contributed by atoms with Crippen molar-refractivity contribution in [3.63, 3.8) is 0 Å². The lowest BCUT2D eigenvalue weighted by Crippen LogP contribution is -2.26. The van der Waals surface area contributed by atoms with E-state index < -0.39 is 17.6 Å². The van der Waals surface area contributed by atoms with Crippen LogP contribution in [-0.2, 0) is 17.5 Å². The average molecular weight is 486 g/mol. The first-order valence-corrected chi connectivity index (χ1v) is 11.5. The van der Waals surface area contributed by atoms with Crippen LogP contribution in [0.4, 0.5) is 19.0 Å². The Morgan fingerprint density at radius 3 is 2.77 bits per heavy atom. The molecule has 0 unspecified atom stereocenters. The number of hydrazone groups is 1. The summed E-state index contributed by atoms with van der Waals surface area (Å²) in [5.41, 5.74) is 4.91. The lowest BCUT2D eigenvalue weighted by atomic mass is 9.95. The van der Waals surface area contributed by atoms with E-state index in [1.54, 1.807) is 0 Å². The van der Waals surface area contributed by atoms with E-state index >= 15 is 0 Å². The van der Waals surface area contributed by atoms with Gasteiger partial charge in [-0.2, -0.15) is 18.3 Å². The van der Waals surface area contributed by atoms with Gasteiger partial charge < -0.3 is 9.64 Å². The predicted octanol–water partition coefficient (Wildman–Crippen LogP) is 4.36. The van der Waals surface area contributed by atoms with Gasteiger partial charge in [0.1, 0.15) is 18.3 Å². The number of amides is 1. The first-order valence-electron chi connectivity index (χ1n) is 11.5. The summed E-state index contributed by atoms with van der Waals surface area (Å²) in [4.78, 5) is 21.3. The van der Waals surface area contributed by atoms with Crippen molar-refractivity contribution >= 4 is 23.1 Å². The van der Waals surface area contributed by atoms with Crippen LogP contribution >= 0.6 is 0 Å². The van der Waals surface area contributed by atoms with E-state index in [-0.39, 0.29) is 23.6 Å². The summed E-state index contributed by atoms with van der Waals surface area (Å²) < 4.78 is 46.3. The van der Waals surface area contributed by atoms with Gasteiger partial charge in [-0.3, -0.25) is 15.1 Å². The molecule has 0 aliphatic carbocycles. The minimum Gasteiger partial charge on any atom is -0.377 e. The number of carbonyl (C=O) groups is 1. The predicted molar refractivity (Wildman–Crippen MR) is 126 cm³/mol. The van der Waals surface area contributed by atoms with Crippen LogP contribution in [0.1, 0.15) is 58.4 Å². The first kappa shape index (κ1) is 23.3. The monoisotopic (exact) mass is 485 g/mol. The van der Waals surface area contributed by atoms with Crippen molar-refractivity contribution < 1.29 is 22.7 Å². The van der Waals surface area contributed by atoms with Crippen molar-refractivity contribution in [3.8, 4) is 0 Å². The summed E-state index contributed by atoms with van der Waals surface area (Å²) in [5.74, 6) is 0.843. The van der Waals surface area contributed by atoms with Crippen molar-refractivity contribution in [2.24, 2.45) is 5.10 Å². The topological polar surface area (TPSA) is 70.1 Å². The zero-order valence-corrected chi connectivity index (χ0v) is 19.5. The molecule has 0 saturated heterocycles. The number of rotatable bonds is 5. The molecule has 10 heteroatoms. The summed E-state index contributed by atoms with van der Waals surface area (Å²) in [6.07, 6.45) is -1.23. The minimum absolute atomic E-state index is 0.00917. The molecule has 0 saturated carbocycles. The zero-order chi connectivity index (χ0) is 24.7. The summed E-state index contributed by atoms with van der Waals surface area (Å²) in [5, 5.41) is 4.34. The van der Waals surface area contributed by atoms with Gasteiger partial charge >= 0.3 is 6.18 Å². The molecular weight excluding hydrogens is 459 g/mol. The SMILES string of the molecule is C[C@H](CC1=NNCN1C)c1cc(C2=CCOCC2)nc(N2Cc3c(cccc3C(F)(F)F)C2=O)c1. The van der Waals surface area contributed by atoms with Crippen LogP contribution in [0, 0.1) is 0 Å². The van der Waals surface area contributed by atoms with Gasteiger partial charge in [-0.1, -0.05) is 19.1 Å². The second-order valence-electron chi connectivity index (χ2n) is 9.07. The number of alkyl halides is 3. The average Bonchev–Trinajstić information content (AvgIpc) is 3.41. The summed E-state index contributed by atoms with van der Waals surface area (Å²) in [6.45, 7) is 3.58. The molecule has 35 heavy (non-hydrogen) atoms. The Morgan fingerprint density at radius 2 is 2.09 bits per heavy atom. The molecule has 2 aromatic rings. The van der Waals surface area contributed by atoms with Crippen molar-refractivity contribution in [3.05, 3.63) is 64.4 Å². The van der Waals surface area contributed by atoms with Gasteiger partial charge in [0.15, 0.2) is 0 Å². The summed E-state index contributed by atoms with van der Waals surface area (Å²) in [7, 11) is 1.96. The Balaban J connectivity index is 1.53. The summed E-state index contributed by atoms with van der Waals surface area (Å²) >= 11 is 0. The van der Waals surface area contributed by atoms with Crippen molar-refractivity contribution in [1.29, 1.82) is 0 Å². The van der Waals surface area contributed by atoms with Gasteiger partial charge in [-0.05, 0) is 53.3 Å². The van der Waals surface area contributed by atoms with Gasteiger partial charge in [0, 0.05) is 19.0 Å². The molecule has 184 valence electrons. The fourth-order valence-corrected chi connectivity index (χ4v) is 4.67. The van der Waals surface area contributed by atoms with Crippen molar-refractivity contribution in [2.45, 2.75) is 38.4 Å². The number of fused-ring (bicyclic) bond motifs is 1. The van der Waals surface area contributed by atoms with Crippen LogP contribution in [0.15, 0.2) is 41.5 Å². The summed E-state index contributed by atoms with van der Waals surface area (Å²) in [6, 6.07) is 7.56. The van der Waals surface area contributed by atoms with Crippen LogP contribution in [-0.4, -0.2) is 48.6 Å². The molecule has 3 aliphatic heterocycles. The van der Waals surface area contributed by atoms with E-state index in [1.165, 1.54) is 17.0 Å². The van der Waals surface area contributed by atoms with Gasteiger partial charge in [0.25, 0.3) is 5.91 Å². The van der Waals surface area contributed by atoms with Crippen LogP contribution in [0.3, 0.4) is 0 Å². The van der Waals surface area contributed by atoms with E-state index in [0.717, 1.165) is 23.0 Å². The lowest BCUT2D eigenvalue weighted by molar-refractivity contribution is -0.138. The molecule has 1 amide bonds. The van der Waals surface area contributed by atoms with Crippen molar-refractivity contribution in [2.75, 3.05) is 31.8 Å². The minimum atomic E-state index is -4.54. The number of pyridine rings is 1. The molecule has 4 heterocycles. The third-order valence-corrected chi connectivity index (χ3v) is 6.69. The van der Waals surface area contributed by atoms with Gasteiger partial charge in [0.05, 0.1) is 31.0 Å². The van der Waals surface area contributed by atoms with Crippen molar-refractivity contribution in [1.82, 2.24) is 15.3 Å². The Bertz CT molecular complexity index is 1220. The van der Waals surface area contributed by atoms with Crippen LogP contribution in [0.2, 0.25) is 0 Å². The fourth-order valence-electron chi connectivity index (χ4n) is 4.67. The molecular formula is C25H26F3N5O2. The Hall–Kier alpha value is -3.40. The Labute approximate surface area is 201 Å². The number of hydrogen-bond donors (Lipinski definition) is 1. The molecule has 7 nitrogen and oxygen atoms in total. The largest absolute Gasteiger partial charge is 0.416 e. The molecule has 0 bridgehead atoms. The van der Waals surface area contributed by atoms with Crippen LogP contribution < -0.4 is 10.3 Å². The maximum Gasteiger partial charge on any atom is 0.416 e.